The number of imide groups is 1. The van der Waals surface area contributed by atoms with Gasteiger partial charge in [-0.15, -0.1) is 11.3 Å². The van der Waals surface area contributed by atoms with Crippen LogP contribution in [0.4, 0.5) is 0 Å². The van der Waals surface area contributed by atoms with Crippen molar-refractivity contribution in [3.8, 4) is 0 Å². The normalized spacial score (nSPS) is 9.92. The molecule has 1 aromatic carbocycles. The summed E-state index contributed by atoms with van der Waals surface area (Å²) in [4.78, 5) is 47.1. The molecule has 0 atom stereocenters. The largest absolute Gasteiger partial charge is 0.456 e. The van der Waals surface area contributed by atoms with E-state index in [9.17, 15) is 19.2 Å². The van der Waals surface area contributed by atoms with Gasteiger partial charge in [0.1, 0.15) is 0 Å². The Kier molecular flexibility index (Phi) is 6.85. The fourth-order valence-corrected chi connectivity index (χ4v) is 2.46. The molecule has 0 unspecified atom stereocenters. The summed E-state index contributed by atoms with van der Waals surface area (Å²) in [7, 11) is 0. The molecule has 25 heavy (non-hydrogen) atoms. The lowest BCUT2D eigenvalue weighted by Gasteiger charge is -2.06. The van der Waals surface area contributed by atoms with Gasteiger partial charge in [0, 0.05) is 12.1 Å². The number of thiophene rings is 1. The van der Waals surface area contributed by atoms with Crippen molar-refractivity contribution in [3.05, 3.63) is 58.3 Å². The Bertz CT molecular complexity index is 744. The second kappa shape index (κ2) is 9.33. The quantitative estimate of drug-likeness (QED) is 0.726. The molecule has 2 aromatic rings. The molecule has 0 fully saturated rings. The van der Waals surface area contributed by atoms with Crippen LogP contribution >= 0.6 is 11.3 Å². The molecule has 0 saturated carbocycles. The molecule has 0 aliphatic rings. The molecule has 8 heteroatoms. The van der Waals surface area contributed by atoms with E-state index >= 15 is 0 Å². The number of amides is 3. The minimum Gasteiger partial charge on any atom is -0.456 e. The van der Waals surface area contributed by atoms with Crippen molar-refractivity contribution in [1.82, 2.24) is 10.6 Å². The Morgan fingerprint density at radius 1 is 0.960 bits per heavy atom. The molecular weight excluding hydrogens is 344 g/mol. The number of carbonyl (C=O) groups excluding carboxylic acids is 4. The zero-order valence-corrected chi connectivity index (χ0v) is 14.0. The minimum absolute atomic E-state index is 0.0724. The van der Waals surface area contributed by atoms with Gasteiger partial charge < -0.3 is 10.1 Å². The summed E-state index contributed by atoms with van der Waals surface area (Å²) >= 11 is 1.29. The Morgan fingerprint density at radius 2 is 1.72 bits per heavy atom. The van der Waals surface area contributed by atoms with Gasteiger partial charge in [0.25, 0.3) is 17.7 Å². The first-order valence-electron chi connectivity index (χ1n) is 7.43. The first-order valence-corrected chi connectivity index (χ1v) is 8.31. The van der Waals surface area contributed by atoms with E-state index in [2.05, 4.69) is 10.6 Å². The molecule has 2 N–H and O–H groups in total. The van der Waals surface area contributed by atoms with Gasteiger partial charge in [0.15, 0.2) is 6.61 Å². The van der Waals surface area contributed by atoms with Crippen LogP contribution in [0.15, 0.2) is 47.8 Å². The minimum atomic E-state index is -0.718. The molecule has 0 radical (unpaired) electrons. The monoisotopic (exact) mass is 360 g/mol. The van der Waals surface area contributed by atoms with Crippen molar-refractivity contribution in [3.63, 3.8) is 0 Å². The molecule has 0 aliphatic carbocycles. The lowest BCUT2D eigenvalue weighted by molar-refractivity contribution is -0.148. The smallest absolute Gasteiger partial charge is 0.308 e. The zero-order valence-electron chi connectivity index (χ0n) is 13.2. The summed E-state index contributed by atoms with van der Waals surface area (Å²) in [6.45, 7) is -0.462. The van der Waals surface area contributed by atoms with Crippen LogP contribution in [0.25, 0.3) is 0 Å². The molecule has 3 amide bonds. The van der Waals surface area contributed by atoms with Gasteiger partial charge in [0.2, 0.25) is 0 Å². The highest BCUT2D eigenvalue weighted by Gasteiger charge is 2.13. The van der Waals surface area contributed by atoms with E-state index in [1.165, 1.54) is 11.3 Å². The predicted octanol–water partition coefficient (Wildman–Crippen LogP) is 1.37. The maximum atomic E-state index is 11.7. The Hall–Kier alpha value is -3.00. The Labute approximate surface area is 148 Å². The standard InChI is InChI=1S/C17H16N2O5S/c20-14(19-16(22)12-5-2-1-3-6-12)11-24-15(21)8-9-18-17(23)13-7-4-10-25-13/h1-7,10H,8-9,11H2,(H,18,23)(H,19,20,22). The maximum Gasteiger partial charge on any atom is 0.308 e. The molecule has 0 bridgehead atoms. The van der Waals surface area contributed by atoms with E-state index in [1.54, 1.807) is 47.8 Å². The Balaban J connectivity index is 1.63. The number of carbonyl (C=O) groups is 4. The molecular formula is C17H16N2O5S. The van der Waals surface area contributed by atoms with Crippen molar-refractivity contribution in [2.45, 2.75) is 6.42 Å². The molecule has 0 saturated heterocycles. The van der Waals surface area contributed by atoms with Crippen molar-refractivity contribution < 1.29 is 23.9 Å². The van der Waals surface area contributed by atoms with Crippen LogP contribution < -0.4 is 10.6 Å². The number of esters is 1. The number of rotatable bonds is 7. The highest BCUT2D eigenvalue weighted by molar-refractivity contribution is 7.12. The molecule has 0 aliphatic heterocycles. The number of ether oxygens (including phenoxy) is 1. The van der Waals surface area contributed by atoms with Crippen molar-refractivity contribution in [2.24, 2.45) is 0 Å². The van der Waals surface area contributed by atoms with Crippen molar-refractivity contribution >= 4 is 35.0 Å². The van der Waals surface area contributed by atoms with E-state index in [0.29, 0.717) is 10.4 Å². The Morgan fingerprint density at radius 3 is 2.40 bits per heavy atom. The van der Waals surface area contributed by atoms with Crippen LogP contribution in [0.3, 0.4) is 0 Å². The van der Waals surface area contributed by atoms with Crippen LogP contribution in [-0.4, -0.2) is 36.8 Å². The van der Waals surface area contributed by atoms with Crippen molar-refractivity contribution in [1.29, 1.82) is 0 Å². The van der Waals surface area contributed by atoms with E-state index in [0.717, 1.165) is 0 Å². The van der Waals surface area contributed by atoms with Gasteiger partial charge in [-0.3, -0.25) is 24.5 Å². The van der Waals surface area contributed by atoms with Gasteiger partial charge in [-0.05, 0) is 23.6 Å². The van der Waals surface area contributed by atoms with E-state index in [4.69, 9.17) is 4.74 Å². The first kappa shape index (κ1) is 18.3. The second-order valence-corrected chi connectivity index (χ2v) is 5.83. The van der Waals surface area contributed by atoms with Crippen molar-refractivity contribution in [2.75, 3.05) is 13.2 Å². The van der Waals surface area contributed by atoms with E-state index < -0.39 is 24.4 Å². The summed E-state index contributed by atoms with van der Waals surface area (Å²) in [5.41, 5.74) is 0.332. The lowest BCUT2D eigenvalue weighted by atomic mass is 10.2. The third-order valence-corrected chi connectivity index (χ3v) is 3.88. The van der Waals surface area contributed by atoms with E-state index in [1.807, 2.05) is 0 Å². The van der Waals surface area contributed by atoms with Gasteiger partial charge in [0.05, 0.1) is 11.3 Å². The molecule has 1 aromatic heterocycles. The summed E-state index contributed by atoms with van der Waals surface area (Å²) in [6.07, 6.45) is -0.0724. The van der Waals surface area contributed by atoms with Crippen LogP contribution in [0.5, 0.6) is 0 Å². The fourth-order valence-electron chi connectivity index (χ4n) is 1.82. The third-order valence-electron chi connectivity index (χ3n) is 3.01. The van der Waals surface area contributed by atoms with Gasteiger partial charge in [-0.25, -0.2) is 0 Å². The predicted molar refractivity (Wildman–Crippen MR) is 91.1 cm³/mol. The highest BCUT2D eigenvalue weighted by Crippen LogP contribution is 2.07. The average Bonchev–Trinajstić information content (AvgIpc) is 3.15. The second-order valence-electron chi connectivity index (χ2n) is 4.89. The van der Waals surface area contributed by atoms with Crippen LogP contribution in [0.2, 0.25) is 0 Å². The van der Waals surface area contributed by atoms with Gasteiger partial charge in [-0.1, -0.05) is 24.3 Å². The zero-order chi connectivity index (χ0) is 18.1. The number of hydrogen-bond donors (Lipinski definition) is 2. The molecule has 2 rings (SSSR count). The van der Waals surface area contributed by atoms with Gasteiger partial charge in [-0.2, -0.15) is 0 Å². The van der Waals surface area contributed by atoms with Gasteiger partial charge >= 0.3 is 5.97 Å². The highest BCUT2D eigenvalue weighted by atomic mass is 32.1. The number of nitrogens with one attached hydrogen (secondary N) is 2. The fraction of sp³-hybridized carbons (Fsp3) is 0.176. The number of hydrogen-bond acceptors (Lipinski definition) is 6. The molecule has 1 heterocycles. The first-order chi connectivity index (χ1) is 12.1. The van der Waals surface area contributed by atoms with Crippen LogP contribution in [-0.2, 0) is 14.3 Å². The maximum absolute atomic E-state index is 11.7. The van der Waals surface area contributed by atoms with E-state index in [-0.39, 0.29) is 18.9 Å². The topological polar surface area (TPSA) is 102 Å². The lowest BCUT2D eigenvalue weighted by Crippen LogP contribution is -2.34. The summed E-state index contributed by atoms with van der Waals surface area (Å²) in [5, 5.41) is 6.47. The molecule has 130 valence electrons. The SMILES string of the molecule is O=C(COC(=O)CCNC(=O)c1cccs1)NC(=O)c1ccccc1. The summed E-state index contributed by atoms with van der Waals surface area (Å²) in [6, 6.07) is 11.6. The number of benzene rings is 1. The molecule has 7 nitrogen and oxygen atoms in total. The third kappa shape index (κ3) is 6.19. The summed E-state index contributed by atoms with van der Waals surface area (Å²) < 4.78 is 4.76. The summed E-state index contributed by atoms with van der Waals surface area (Å²) in [5.74, 6) is -2.20. The average molecular weight is 360 g/mol. The van der Waals surface area contributed by atoms with Crippen LogP contribution in [0.1, 0.15) is 26.5 Å². The molecule has 0 spiro atoms. The van der Waals surface area contributed by atoms with Crippen LogP contribution in [0, 0.1) is 0 Å².